The number of anilines is 1. The van der Waals surface area contributed by atoms with Crippen molar-refractivity contribution in [1.82, 2.24) is 10.2 Å². The zero-order chi connectivity index (χ0) is 24.0. The average Bonchev–Trinajstić information content (AvgIpc) is 3.42. The van der Waals surface area contributed by atoms with Gasteiger partial charge in [0.1, 0.15) is 5.75 Å². The van der Waals surface area contributed by atoms with E-state index < -0.39 is 0 Å². The number of nitrogens with one attached hydrogen (secondary N) is 1. The fourth-order valence-corrected chi connectivity index (χ4v) is 5.73. The summed E-state index contributed by atoms with van der Waals surface area (Å²) in [7, 11) is 0. The molecular formula is C28H31N3O3S. The maximum absolute atomic E-state index is 12.9. The number of rotatable bonds is 8. The lowest BCUT2D eigenvalue weighted by Gasteiger charge is -2.35. The fourth-order valence-electron chi connectivity index (χ4n) is 5.02. The highest BCUT2D eigenvalue weighted by molar-refractivity contribution is 7.09. The maximum Gasteiger partial charge on any atom is 0.265 e. The second kappa shape index (κ2) is 11.1. The minimum Gasteiger partial charge on any atom is -0.482 e. The van der Waals surface area contributed by atoms with Gasteiger partial charge < -0.3 is 19.9 Å². The highest BCUT2D eigenvalue weighted by atomic mass is 32.1. The predicted molar refractivity (Wildman–Crippen MR) is 140 cm³/mol. The van der Waals surface area contributed by atoms with Gasteiger partial charge in [-0.1, -0.05) is 36.4 Å². The Kier molecular flexibility index (Phi) is 7.45. The van der Waals surface area contributed by atoms with Crippen molar-refractivity contribution in [3.8, 4) is 5.75 Å². The lowest BCUT2D eigenvalue weighted by atomic mass is 9.86. The summed E-state index contributed by atoms with van der Waals surface area (Å²) in [5.41, 5.74) is 2.81. The second-order valence-corrected chi connectivity index (χ2v) is 10.1. The molecule has 0 radical (unpaired) electrons. The number of fused-ring (bicyclic) bond motifs is 1. The van der Waals surface area contributed by atoms with Gasteiger partial charge in [0.2, 0.25) is 0 Å². The molecule has 0 saturated carbocycles. The number of benzene rings is 2. The van der Waals surface area contributed by atoms with Crippen LogP contribution in [0.15, 0.2) is 66.0 Å². The van der Waals surface area contributed by atoms with Gasteiger partial charge in [-0.25, -0.2) is 0 Å². The monoisotopic (exact) mass is 489 g/mol. The van der Waals surface area contributed by atoms with E-state index in [2.05, 4.69) is 27.7 Å². The highest BCUT2D eigenvalue weighted by Gasteiger charge is 2.28. The lowest BCUT2D eigenvalue weighted by molar-refractivity contribution is -0.121. The van der Waals surface area contributed by atoms with E-state index in [1.54, 1.807) is 11.3 Å². The third kappa shape index (κ3) is 5.57. The normalized spacial score (nSPS) is 16.6. The Hall–Kier alpha value is -3.16. The Morgan fingerprint density at radius 1 is 1.00 bits per heavy atom. The van der Waals surface area contributed by atoms with Gasteiger partial charge in [-0.05, 0) is 73.5 Å². The molecule has 0 unspecified atom stereocenters. The lowest BCUT2D eigenvalue weighted by Crippen LogP contribution is -2.45. The zero-order valence-corrected chi connectivity index (χ0v) is 20.6. The molecule has 1 aromatic heterocycles. The zero-order valence-electron chi connectivity index (χ0n) is 19.8. The SMILES string of the molecule is O=C(NCCc1cccs1)c1ccccc1C1CCN(CCN2C(=O)COc3ccccc32)CC1. The molecule has 2 amide bonds. The highest BCUT2D eigenvalue weighted by Crippen LogP contribution is 2.33. The topological polar surface area (TPSA) is 61.9 Å². The minimum absolute atomic E-state index is 0.0117. The molecule has 7 heteroatoms. The largest absolute Gasteiger partial charge is 0.482 e. The molecule has 0 aliphatic carbocycles. The Labute approximate surface area is 210 Å². The predicted octanol–water partition coefficient (Wildman–Crippen LogP) is 4.33. The van der Waals surface area contributed by atoms with Crippen LogP contribution >= 0.6 is 11.3 Å². The number of likely N-dealkylation sites (tertiary alicyclic amines) is 1. The minimum atomic E-state index is 0.0117. The summed E-state index contributed by atoms with van der Waals surface area (Å²) in [5.74, 6) is 1.18. The van der Waals surface area contributed by atoms with Crippen LogP contribution in [0.3, 0.4) is 0 Å². The number of carbonyl (C=O) groups is 2. The summed E-state index contributed by atoms with van der Waals surface area (Å²) in [6.45, 7) is 4.16. The van der Waals surface area contributed by atoms with Crippen LogP contribution < -0.4 is 15.0 Å². The van der Waals surface area contributed by atoms with Crippen LogP contribution in [-0.2, 0) is 11.2 Å². The number of nitrogens with zero attached hydrogens (tertiary/aromatic N) is 2. The van der Waals surface area contributed by atoms with Crippen molar-refractivity contribution in [2.24, 2.45) is 0 Å². The molecule has 0 bridgehead atoms. The average molecular weight is 490 g/mol. The number of hydrogen-bond donors (Lipinski definition) is 1. The molecule has 2 aliphatic heterocycles. The number of ether oxygens (including phenoxy) is 1. The van der Waals surface area contributed by atoms with Crippen molar-refractivity contribution in [3.63, 3.8) is 0 Å². The van der Waals surface area contributed by atoms with E-state index in [0.29, 0.717) is 19.0 Å². The van der Waals surface area contributed by atoms with Crippen LogP contribution in [0, 0.1) is 0 Å². The Balaban J connectivity index is 1.14. The number of para-hydroxylation sites is 2. The van der Waals surface area contributed by atoms with Crippen LogP contribution in [0.5, 0.6) is 5.75 Å². The number of carbonyl (C=O) groups excluding carboxylic acids is 2. The van der Waals surface area contributed by atoms with Crippen molar-refractivity contribution in [3.05, 3.63) is 82.0 Å². The first-order chi connectivity index (χ1) is 17.2. The summed E-state index contributed by atoms with van der Waals surface area (Å²) in [5, 5.41) is 5.17. The molecular weight excluding hydrogens is 458 g/mol. The Morgan fingerprint density at radius 3 is 2.63 bits per heavy atom. The molecule has 3 heterocycles. The summed E-state index contributed by atoms with van der Waals surface area (Å²) < 4.78 is 5.56. The van der Waals surface area contributed by atoms with Crippen LogP contribution in [0.2, 0.25) is 0 Å². The maximum atomic E-state index is 12.9. The van der Waals surface area contributed by atoms with E-state index in [-0.39, 0.29) is 18.4 Å². The van der Waals surface area contributed by atoms with E-state index in [9.17, 15) is 9.59 Å². The molecule has 0 atom stereocenters. The Bertz CT molecular complexity index is 1160. The van der Waals surface area contributed by atoms with E-state index in [1.165, 1.54) is 4.88 Å². The van der Waals surface area contributed by atoms with Crippen molar-refractivity contribution in [1.29, 1.82) is 0 Å². The second-order valence-electron chi connectivity index (χ2n) is 9.09. The van der Waals surface area contributed by atoms with E-state index in [4.69, 9.17) is 4.74 Å². The number of hydrogen-bond acceptors (Lipinski definition) is 5. The van der Waals surface area contributed by atoms with Crippen molar-refractivity contribution >= 4 is 28.8 Å². The van der Waals surface area contributed by atoms with Gasteiger partial charge in [0, 0.05) is 30.1 Å². The van der Waals surface area contributed by atoms with Crippen molar-refractivity contribution < 1.29 is 14.3 Å². The number of amides is 2. The molecule has 1 fully saturated rings. The van der Waals surface area contributed by atoms with E-state index in [0.717, 1.165) is 61.5 Å². The molecule has 1 saturated heterocycles. The van der Waals surface area contributed by atoms with Crippen molar-refractivity contribution in [2.45, 2.75) is 25.2 Å². The third-order valence-electron chi connectivity index (χ3n) is 6.92. The molecule has 182 valence electrons. The first kappa shape index (κ1) is 23.6. The summed E-state index contributed by atoms with van der Waals surface area (Å²) in [6.07, 6.45) is 2.88. The van der Waals surface area contributed by atoms with Gasteiger partial charge in [-0.3, -0.25) is 9.59 Å². The first-order valence-corrected chi connectivity index (χ1v) is 13.2. The molecule has 6 nitrogen and oxygen atoms in total. The summed E-state index contributed by atoms with van der Waals surface area (Å²) in [6, 6.07) is 19.9. The molecule has 0 spiro atoms. The molecule has 3 aromatic rings. The number of piperidine rings is 1. The fraction of sp³-hybridized carbons (Fsp3) is 0.357. The van der Waals surface area contributed by atoms with Gasteiger partial charge in [-0.15, -0.1) is 11.3 Å². The van der Waals surface area contributed by atoms with Crippen LogP contribution in [0.25, 0.3) is 0 Å². The van der Waals surface area contributed by atoms with Gasteiger partial charge in [0.15, 0.2) is 6.61 Å². The third-order valence-corrected chi connectivity index (χ3v) is 7.85. The van der Waals surface area contributed by atoms with Crippen molar-refractivity contribution in [2.75, 3.05) is 44.2 Å². The molecule has 5 rings (SSSR count). The van der Waals surface area contributed by atoms with Gasteiger partial charge in [0.05, 0.1) is 5.69 Å². The van der Waals surface area contributed by atoms with Gasteiger partial charge in [0.25, 0.3) is 11.8 Å². The smallest absolute Gasteiger partial charge is 0.265 e. The van der Waals surface area contributed by atoms with Crippen LogP contribution in [0.4, 0.5) is 5.69 Å². The Morgan fingerprint density at radius 2 is 1.80 bits per heavy atom. The van der Waals surface area contributed by atoms with E-state index >= 15 is 0 Å². The van der Waals surface area contributed by atoms with E-state index in [1.807, 2.05) is 53.4 Å². The number of thiophene rings is 1. The van der Waals surface area contributed by atoms with Crippen LogP contribution in [0.1, 0.15) is 39.6 Å². The summed E-state index contributed by atoms with van der Waals surface area (Å²) >= 11 is 1.72. The summed E-state index contributed by atoms with van der Waals surface area (Å²) in [4.78, 5) is 31.0. The quantitative estimate of drug-likeness (QED) is 0.512. The molecule has 2 aliphatic rings. The molecule has 35 heavy (non-hydrogen) atoms. The standard InChI is InChI=1S/C28H31N3O3S/c32-27-20-34-26-10-4-3-9-25(26)31(27)18-17-30-15-12-21(13-16-30)23-7-1-2-8-24(23)28(33)29-14-11-22-6-5-19-35-22/h1-10,19,21H,11-18,20H2,(H,29,33). The molecule has 1 N–H and O–H groups in total. The van der Waals surface area contributed by atoms with Crippen LogP contribution in [-0.4, -0.2) is 56.0 Å². The molecule has 2 aromatic carbocycles. The van der Waals surface area contributed by atoms with Gasteiger partial charge >= 0.3 is 0 Å². The first-order valence-electron chi connectivity index (χ1n) is 12.3. The van der Waals surface area contributed by atoms with Gasteiger partial charge in [-0.2, -0.15) is 0 Å².